The van der Waals surface area contributed by atoms with Crippen molar-refractivity contribution in [1.29, 1.82) is 0 Å². The lowest BCUT2D eigenvalue weighted by Gasteiger charge is -2.31. The van der Waals surface area contributed by atoms with Crippen molar-refractivity contribution in [3.8, 4) is 5.75 Å². The van der Waals surface area contributed by atoms with E-state index in [4.69, 9.17) is 9.47 Å². The Morgan fingerprint density at radius 2 is 1.93 bits per heavy atom. The molecule has 2 heterocycles. The van der Waals surface area contributed by atoms with Gasteiger partial charge in [0.05, 0.1) is 40.3 Å². The van der Waals surface area contributed by atoms with E-state index in [9.17, 15) is 9.59 Å². The molecular formula is C30H36IN7O4. The van der Waals surface area contributed by atoms with Gasteiger partial charge in [-0.2, -0.15) is 4.98 Å². The molecule has 0 bridgehead atoms. The van der Waals surface area contributed by atoms with E-state index in [0.29, 0.717) is 60.7 Å². The highest BCUT2D eigenvalue weighted by Crippen LogP contribution is 2.32. The number of aromatic nitrogens is 2. The third kappa shape index (κ3) is 7.88. The molecule has 222 valence electrons. The van der Waals surface area contributed by atoms with Crippen LogP contribution in [0, 0.1) is 3.57 Å². The Morgan fingerprint density at radius 3 is 2.64 bits per heavy atom. The molecule has 2 aromatic carbocycles. The van der Waals surface area contributed by atoms with Gasteiger partial charge in [0.15, 0.2) is 0 Å². The second-order valence-corrected chi connectivity index (χ2v) is 10.8. The van der Waals surface area contributed by atoms with E-state index in [1.54, 1.807) is 26.4 Å². The van der Waals surface area contributed by atoms with Crippen LogP contribution in [-0.4, -0.2) is 80.2 Å². The monoisotopic (exact) mass is 685 g/mol. The maximum absolute atomic E-state index is 12.3. The fraction of sp³-hybridized carbons (Fsp3) is 0.333. The predicted molar refractivity (Wildman–Crippen MR) is 173 cm³/mol. The molecule has 0 spiro atoms. The van der Waals surface area contributed by atoms with E-state index in [1.165, 1.54) is 6.08 Å². The van der Waals surface area contributed by atoms with Crippen LogP contribution in [-0.2, 0) is 9.53 Å². The molecule has 0 aliphatic carbocycles. The number of hydrogen-bond donors (Lipinski definition) is 3. The van der Waals surface area contributed by atoms with E-state index in [2.05, 4.69) is 60.0 Å². The molecule has 11 nitrogen and oxygen atoms in total. The number of nitrogens with one attached hydrogen (secondary N) is 3. The summed E-state index contributed by atoms with van der Waals surface area (Å²) in [4.78, 5) is 37.1. The first-order valence-corrected chi connectivity index (χ1v) is 14.7. The van der Waals surface area contributed by atoms with Gasteiger partial charge in [-0.3, -0.25) is 9.59 Å². The van der Waals surface area contributed by atoms with Crippen LogP contribution in [0.15, 0.2) is 61.3 Å². The zero-order valence-electron chi connectivity index (χ0n) is 24.0. The summed E-state index contributed by atoms with van der Waals surface area (Å²) in [5.41, 5.74) is 2.84. The molecule has 2 amide bonds. The molecule has 1 fully saturated rings. The van der Waals surface area contributed by atoms with Gasteiger partial charge in [0.25, 0.3) is 5.91 Å². The number of carbonyl (C=O) groups is 2. The van der Waals surface area contributed by atoms with Gasteiger partial charge in [0.1, 0.15) is 11.6 Å². The van der Waals surface area contributed by atoms with Crippen LogP contribution in [0.3, 0.4) is 0 Å². The summed E-state index contributed by atoms with van der Waals surface area (Å²) >= 11 is 2.15. The summed E-state index contributed by atoms with van der Waals surface area (Å²) in [7, 11) is 5.22. The summed E-state index contributed by atoms with van der Waals surface area (Å²) in [5, 5.41) is 9.16. The molecule has 3 aromatic rings. The molecule has 3 N–H and O–H groups in total. The quantitative estimate of drug-likeness (QED) is 0.186. The van der Waals surface area contributed by atoms with E-state index in [1.807, 2.05) is 48.3 Å². The van der Waals surface area contributed by atoms with E-state index >= 15 is 0 Å². The number of benzene rings is 2. The van der Waals surface area contributed by atoms with Crippen LogP contribution < -0.4 is 25.6 Å². The highest BCUT2D eigenvalue weighted by atomic mass is 127. The fourth-order valence-electron chi connectivity index (χ4n) is 4.57. The van der Waals surface area contributed by atoms with Gasteiger partial charge >= 0.3 is 0 Å². The fourth-order valence-corrected chi connectivity index (χ4v) is 4.96. The number of rotatable bonds is 12. The number of likely N-dealkylation sites (N-methyl/N-ethyl adjacent to an activating group) is 1. The molecule has 42 heavy (non-hydrogen) atoms. The lowest BCUT2D eigenvalue weighted by molar-refractivity contribution is -0.128. The van der Waals surface area contributed by atoms with Crippen LogP contribution >= 0.6 is 22.6 Å². The maximum atomic E-state index is 12.3. The highest BCUT2D eigenvalue weighted by molar-refractivity contribution is 14.1. The van der Waals surface area contributed by atoms with Gasteiger partial charge in [-0.1, -0.05) is 18.7 Å². The Morgan fingerprint density at radius 1 is 1.17 bits per heavy atom. The summed E-state index contributed by atoms with van der Waals surface area (Å²) < 4.78 is 12.6. The Labute approximate surface area is 259 Å². The van der Waals surface area contributed by atoms with Crippen LogP contribution in [0.5, 0.6) is 5.75 Å². The van der Waals surface area contributed by atoms with Crippen molar-refractivity contribution in [2.75, 3.05) is 63.0 Å². The number of halogens is 1. The van der Waals surface area contributed by atoms with Gasteiger partial charge in [0.2, 0.25) is 11.9 Å². The van der Waals surface area contributed by atoms with Crippen molar-refractivity contribution in [2.24, 2.45) is 0 Å². The standard InChI is InChI=1S/C30H36IN7O4/c1-5-27(39)38-14-12-21(13-15-38)42-17-16-37(3)20-10-11-25(26(18-20)41-4)35-30-33-19-23(31)28(36-30)34-24-9-7-6-8-22(24)29(40)32-2/h5-11,18-19,21H,1,12-17H2,2-4H3,(H,32,40)(H2,33,34,35,36). The molecule has 0 saturated carbocycles. The highest BCUT2D eigenvalue weighted by Gasteiger charge is 2.22. The number of ether oxygens (including phenoxy) is 2. The van der Waals surface area contributed by atoms with Crippen molar-refractivity contribution < 1.29 is 19.1 Å². The Kier molecular flexibility index (Phi) is 11.0. The number of nitrogens with zero attached hydrogens (tertiary/aromatic N) is 4. The largest absolute Gasteiger partial charge is 0.494 e. The minimum absolute atomic E-state index is 0.0191. The Bertz CT molecular complexity index is 1410. The van der Waals surface area contributed by atoms with Gasteiger partial charge in [-0.05, 0) is 65.8 Å². The molecular weight excluding hydrogens is 649 g/mol. The first kappa shape index (κ1) is 31.0. The van der Waals surface area contributed by atoms with Crippen LogP contribution in [0.25, 0.3) is 0 Å². The molecule has 1 aromatic heterocycles. The molecule has 1 aliphatic rings. The summed E-state index contributed by atoms with van der Waals surface area (Å²) in [6.45, 7) is 6.23. The van der Waals surface area contributed by atoms with Gasteiger partial charge in [0, 0.05) is 51.7 Å². The number of piperidine rings is 1. The van der Waals surface area contributed by atoms with E-state index in [-0.39, 0.29) is 17.9 Å². The zero-order valence-corrected chi connectivity index (χ0v) is 26.2. The third-order valence-electron chi connectivity index (χ3n) is 6.98. The lowest BCUT2D eigenvalue weighted by Crippen LogP contribution is -2.40. The number of likely N-dealkylation sites (tertiary alicyclic amines) is 1. The first-order valence-electron chi connectivity index (χ1n) is 13.6. The second-order valence-electron chi connectivity index (χ2n) is 9.67. The smallest absolute Gasteiger partial charge is 0.253 e. The second kappa shape index (κ2) is 14.8. The topological polar surface area (TPSA) is 121 Å². The number of carbonyl (C=O) groups excluding carboxylic acids is 2. The molecule has 1 aliphatic heterocycles. The van der Waals surface area contributed by atoms with Crippen molar-refractivity contribution in [3.05, 3.63) is 70.5 Å². The van der Waals surface area contributed by atoms with E-state index in [0.717, 1.165) is 22.1 Å². The summed E-state index contributed by atoms with van der Waals surface area (Å²) in [6.07, 6.45) is 4.88. The summed E-state index contributed by atoms with van der Waals surface area (Å²) in [6, 6.07) is 13.1. The van der Waals surface area contributed by atoms with Gasteiger partial charge < -0.3 is 35.2 Å². The number of methoxy groups -OCH3 is 1. The van der Waals surface area contributed by atoms with Crippen LogP contribution in [0.4, 0.5) is 28.8 Å². The molecule has 12 heteroatoms. The number of para-hydroxylation sites is 1. The van der Waals surface area contributed by atoms with Crippen molar-refractivity contribution in [1.82, 2.24) is 20.2 Å². The average Bonchev–Trinajstić information content (AvgIpc) is 3.02. The molecule has 0 radical (unpaired) electrons. The van der Waals surface area contributed by atoms with Crippen molar-refractivity contribution in [2.45, 2.75) is 18.9 Å². The predicted octanol–water partition coefficient (Wildman–Crippen LogP) is 4.57. The molecule has 0 atom stereocenters. The van der Waals surface area contributed by atoms with E-state index < -0.39 is 0 Å². The summed E-state index contributed by atoms with van der Waals surface area (Å²) in [5.74, 6) is 1.38. The molecule has 4 rings (SSSR count). The van der Waals surface area contributed by atoms with Gasteiger partial charge in [-0.25, -0.2) is 4.98 Å². The minimum Gasteiger partial charge on any atom is -0.494 e. The van der Waals surface area contributed by atoms with Gasteiger partial charge in [-0.15, -0.1) is 0 Å². The van der Waals surface area contributed by atoms with Crippen LogP contribution in [0.2, 0.25) is 0 Å². The molecule has 0 unspecified atom stereocenters. The third-order valence-corrected chi connectivity index (χ3v) is 7.77. The first-order chi connectivity index (χ1) is 20.3. The average molecular weight is 686 g/mol. The zero-order chi connectivity index (χ0) is 30.1. The normalized spacial score (nSPS) is 13.3. The Balaban J connectivity index is 1.37. The Hall–Kier alpha value is -3.91. The van der Waals surface area contributed by atoms with Crippen molar-refractivity contribution in [3.63, 3.8) is 0 Å². The minimum atomic E-state index is -0.191. The van der Waals surface area contributed by atoms with Crippen molar-refractivity contribution >= 4 is 63.2 Å². The maximum Gasteiger partial charge on any atom is 0.253 e. The van der Waals surface area contributed by atoms with Crippen LogP contribution in [0.1, 0.15) is 23.2 Å². The SMILES string of the molecule is C=CC(=O)N1CCC(OCCN(C)c2ccc(Nc3ncc(I)c(Nc4ccccc4C(=O)NC)n3)c(OC)c2)CC1. The molecule has 1 saturated heterocycles. The number of anilines is 5. The number of hydrogen-bond acceptors (Lipinski definition) is 9. The lowest BCUT2D eigenvalue weighted by atomic mass is 10.1. The number of amides is 2.